The van der Waals surface area contributed by atoms with Gasteiger partial charge in [-0.2, -0.15) is 0 Å². The van der Waals surface area contributed by atoms with Crippen molar-refractivity contribution in [3.63, 3.8) is 0 Å². The highest BCUT2D eigenvalue weighted by atomic mass is 19.1. The third-order valence-electron chi connectivity index (χ3n) is 3.68. The predicted molar refractivity (Wildman–Crippen MR) is 76.7 cm³/mol. The molecule has 2 heterocycles. The maximum atomic E-state index is 13.0. The number of pyridine rings is 1. The Bertz CT molecular complexity index is 596. The number of alkyl halides is 1. The van der Waals surface area contributed by atoms with Crippen LogP contribution in [0, 0.1) is 0 Å². The molecule has 0 aromatic carbocycles. The molecule has 1 fully saturated rings. The van der Waals surface area contributed by atoms with Crippen molar-refractivity contribution in [3.05, 3.63) is 24.3 Å². The number of aromatic nitrogens is 3. The van der Waals surface area contributed by atoms with E-state index in [-0.39, 0.29) is 12.1 Å². The largest absolute Gasteiger partial charge is 0.341 e. The zero-order chi connectivity index (χ0) is 14.7. The van der Waals surface area contributed by atoms with Gasteiger partial charge in [-0.15, -0.1) is 0 Å². The van der Waals surface area contributed by atoms with Gasteiger partial charge in [-0.25, -0.2) is 14.2 Å². The first-order valence-electron chi connectivity index (χ1n) is 7.18. The van der Waals surface area contributed by atoms with E-state index in [1.54, 1.807) is 12.4 Å². The Morgan fingerprint density at radius 2 is 2.38 bits per heavy atom. The van der Waals surface area contributed by atoms with Gasteiger partial charge < -0.3 is 15.6 Å². The van der Waals surface area contributed by atoms with Gasteiger partial charge in [-0.1, -0.05) is 0 Å². The summed E-state index contributed by atoms with van der Waals surface area (Å²) in [6.45, 7) is 0.477. The van der Waals surface area contributed by atoms with E-state index in [4.69, 9.17) is 0 Å². The quantitative estimate of drug-likeness (QED) is 0.801. The van der Waals surface area contributed by atoms with Gasteiger partial charge in [0.05, 0.1) is 17.2 Å². The van der Waals surface area contributed by atoms with E-state index in [1.165, 1.54) is 0 Å². The minimum absolute atomic E-state index is 0.0442. The number of halogens is 1. The average molecular weight is 291 g/mol. The van der Waals surface area contributed by atoms with Crippen LogP contribution >= 0.6 is 0 Å². The van der Waals surface area contributed by atoms with Crippen molar-refractivity contribution in [1.82, 2.24) is 25.6 Å². The van der Waals surface area contributed by atoms with E-state index in [9.17, 15) is 9.18 Å². The number of hydrogen-bond donors (Lipinski definition) is 3. The van der Waals surface area contributed by atoms with Crippen molar-refractivity contribution < 1.29 is 9.18 Å². The molecule has 2 unspecified atom stereocenters. The van der Waals surface area contributed by atoms with Crippen molar-refractivity contribution in [2.45, 2.75) is 37.9 Å². The normalized spacial score (nSPS) is 21.6. The van der Waals surface area contributed by atoms with E-state index in [1.807, 2.05) is 6.07 Å². The summed E-state index contributed by atoms with van der Waals surface area (Å²) < 4.78 is 13.0. The smallest absolute Gasteiger partial charge is 0.315 e. The molecule has 112 valence electrons. The molecule has 2 aromatic rings. The highest BCUT2D eigenvalue weighted by Crippen LogP contribution is 2.21. The van der Waals surface area contributed by atoms with Gasteiger partial charge in [0, 0.05) is 25.2 Å². The molecule has 0 radical (unpaired) electrons. The summed E-state index contributed by atoms with van der Waals surface area (Å²) in [5.74, 6) is 0.808. The summed E-state index contributed by atoms with van der Waals surface area (Å²) in [6, 6.07) is 1.55. The second kappa shape index (κ2) is 6.07. The number of imidazole rings is 1. The van der Waals surface area contributed by atoms with E-state index in [0.717, 1.165) is 16.9 Å². The number of nitrogens with zero attached hydrogens (tertiary/aromatic N) is 2. The molecule has 0 saturated heterocycles. The van der Waals surface area contributed by atoms with E-state index < -0.39 is 6.17 Å². The Labute approximate surface area is 121 Å². The lowest BCUT2D eigenvalue weighted by Crippen LogP contribution is -2.41. The molecule has 0 aliphatic heterocycles. The number of carbonyl (C=O) groups excluding carboxylic acids is 1. The van der Waals surface area contributed by atoms with Crippen LogP contribution in [0.1, 0.15) is 25.1 Å². The van der Waals surface area contributed by atoms with Crippen molar-refractivity contribution in [3.8, 4) is 0 Å². The zero-order valence-electron chi connectivity index (χ0n) is 11.6. The number of H-pyrrole nitrogens is 1. The highest BCUT2D eigenvalue weighted by Gasteiger charge is 2.25. The van der Waals surface area contributed by atoms with Crippen LogP contribution in [-0.2, 0) is 6.42 Å². The van der Waals surface area contributed by atoms with E-state index in [2.05, 4.69) is 25.6 Å². The van der Waals surface area contributed by atoms with Crippen LogP contribution in [0.15, 0.2) is 18.5 Å². The standard InChI is InChI=1S/C14H18FN5O/c15-9-1-2-10(7-9)18-14(21)17-6-4-13-19-11-3-5-16-8-12(11)20-13/h3,5,8-10H,1-2,4,6-7H2,(H,19,20)(H2,17,18,21). The summed E-state index contributed by atoms with van der Waals surface area (Å²) in [5.41, 5.74) is 1.75. The number of amides is 2. The fourth-order valence-electron chi connectivity index (χ4n) is 2.62. The lowest BCUT2D eigenvalue weighted by molar-refractivity contribution is 0.236. The van der Waals surface area contributed by atoms with Crippen LogP contribution in [0.25, 0.3) is 11.0 Å². The first-order chi connectivity index (χ1) is 10.2. The second-order valence-corrected chi connectivity index (χ2v) is 5.33. The minimum atomic E-state index is -0.778. The number of hydrogen-bond acceptors (Lipinski definition) is 3. The first-order valence-corrected chi connectivity index (χ1v) is 7.18. The Morgan fingerprint density at radius 1 is 1.48 bits per heavy atom. The predicted octanol–water partition coefficient (Wildman–Crippen LogP) is 1.69. The Hall–Kier alpha value is -2.18. The molecule has 1 saturated carbocycles. The van der Waals surface area contributed by atoms with E-state index in [0.29, 0.717) is 32.2 Å². The molecule has 2 atom stereocenters. The van der Waals surface area contributed by atoms with Crippen molar-refractivity contribution in [2.24, 2.45) is 0 Å². The maximum absolute atomic E-state index is 13.0. The molecule has 0 spiro atoms. The molecule has 0 bridgehead atoms. The van der Waals surface area contributed by atoms with Crippen molar-refractivity contribution in [2.75, 3.05) is 6.54 Å². The highest BCUT2D eigenvalue weighted by molar-refractivity contribution is 5.74. The van der Waals surface area contributed by atoms with Gasteiger partial charge in [0.1, 0.15) is 12.0 Å². The third-order valence-corrected chi connectivity index (χ3v) is 3.68. The first kappa shape index (κ1) is 13.8. The van der Waals surface area contributed by atoms with Gasteiger partial charge in [-0.3, -0.25) is 4.98 Å². The van der Waals surface area contributed by atoms with Crippen LogP contribution in [0.5, 0.6) is 0 Å². The van der Waals surface area contributed by atoms with Gasteiger partial charge in [0.2, 0.25) is 0 Å². The van der Waals surface area contributed by atoms with Crippen LogP contribution in [-0.4, -0.2) is 39.7 Å². The molecule has 2 amide bonds. The van der Waals surface area contributed by atoms with Crippen molar-refractivity contribution in [1.29, 1.82) is 0 Å². The van der Waals surface area contributed by atoms with Crippen LogP contribution < -0.4 is 10.6 Å². The molecule has 6 nitrogen and oxygen atoms in total. The van der Waals surface area contributed by atoms with Gasteiger partial charge in [0.15, 0.2) is 0 Å². The SMILES string of the molecule is O=C(NCCc1nc2ccncc2[nH]1)NC1CCC(F)C1. The lowest BCUT2D eigenvalue weighted by Gasteiger charge is -2.12. The zero-order valence-corrected chi connectivity index (χ0v) is 11.6. The Balaban J connectivity index is 1.44. The molecule has 3 rings (SSSR count). The fourth-order valence-corrected chi connectivity index (χ4v) is 2.62. The van der Waals surface area contributed by atoms with Crippen molar-refractivity contribution >= 4 is 17.1 Å². The van der Waals surface area contributed by atoms with Gasteiger partial charge >= 0.3 is 6.03 Å². The maximum Gasteiger partial charge on any atom is 0.315 e. The lowest BCUT2D eigenvalue weighted by atomic mass is 10.2. The third kappa shape index (κ3) is 3.48. The number of rotatable bonds is 4. The fraction of sp³-hybridized carbons (Fsp3) is 0.500. The molecular weight excluding hydrogens is 273 g/mol. The summed E-state index contributed by atoms with van der Waals surface area (Å²) in [4.78, 5) is 23.3. The number of carbonyl (C=O) groups is 1. The number of fused-ring (bicyclic) bond motifs is 1. The van der Waals surface area contributed by atoms with E-state index >= 15 is 0 Å². The molecule has 1 aliphatic rings. The summed E-state index contributed by atoms with van der Waals surface area (Å²) >= 11 is 0. The van der Waals surface area contributed by atoms with Crippen LogP contribution in [0.2, 0.25) is 0 Å². The van der Waals surface area contributed by atoms with Gasteiger partial charge in [-0.05, 0) is 25.3 Å². The number of urea groups is 1. The minimum Gasteiger partial charge on any atom is -0.341 e. The molecular formula is C14H18FN5O. The molecule has 1 aliphatic carbocycles. The second-order valence-electron chi connectivity index (χ2n) is 5.33. The molecule has 3 N–H and O–H groups in total. The Morgan fingerprint density at radius 3 is 3.14 bits per heavy atom. The summed E-state index contributed by atoms with van der Waals surface area (Å²) in [7, 11) is 0. The van der Waals surface area contributed by atoms with Crippen LogP contribution in [0.3, 0.4) is 0 Å². The monoisotopic (exact) mass is 291 g/mol. The number of aromatic amines is 1. The number of nitrogens with one attached hydrogen (secondary N) is 3. The molecule has 7 heteroatoms. The topological polar surface area (TPSA) is 82.7 Å². The summed E-state index contributed by atoms with van der Waals surface area (Å²) in [6.07, 6.45) is 4.92. The Kier molecular flexibility index (Phi) is 3.98. The molecule has 2 aromatic heterocycles. The summed E-state index contributed by atoms with van der Waals surface area (Å²) in [5, 5.41) is 5.56. The van der Waals surface area contributed by atoms with Crippen LogP contribution in [0.4, 0.5) is 9.18 Å². The van der Waals surface area contributed by atoms with Gasteiger partial charge in [0.25, 0.3) is 0 Å². The molecule has 21 heavy (non-hydrogen) atoms. The average Bonchev–Trinajstić information content (AvgIpc) is 3.04.